The normalized spacial score (nSPS) is 17.3. The molecule has 22 heavy (non-hydrogen) atoms. The number of likely N-dealkylation sites (tertiary alicyclic amines) is 1. The van der Waals surface area contributed by atoms with Gasteiger partial charge in [-0.3, -0.25) is 9.78 Å². The van der Waals surface area contributed by atoms with Crippen LogP contribution in [0.2, 0.25) is 0 Å². The van der Waals surface area contributed by atoms with Gasteiger partial charge in [-0.25, -0.2) is 15.0 Å². The topological polar surface area (TPSA) is 90.3 Å². The number of carbonyl (C=O) groups is 1. The number of methoxy groups -OCH3 is 1. The zero-order valence-corrected chi connectivity index (χ0v) is 12.0. The van der Waals surface area contributed by atoms with Crippen LogP contribution in [0.15, 0.2) is 31.0 Å². The Bertz CT molecular complexity index is 652. The van der Waals surface area contributed by atoms with Crippen LogP contribution in [-0.4, -0.2) is 57.0 Å². The highest BCUT2D eigenvalue weighted by Gasteiger charge is 2.30. The van der Waals surface area contributed by atoms with Crippen molar-refractivity contribution in [2.24, 2.45) is 0 Å². The number of rotatable bonds is 4. The maximum Gasteiger partial charge on any atom is 0.278 e. The monoisotopic (exact) mass is 301 g/mol. The van der Waals surface area contributed by atoms with Gasteiger partial charge in [-0.15, -0.1) is 0 Å². The second-order valence-electron chi connectivity index (χ2n) is 4.74. The number of nitrogens with zero attached hydrogens (tertiary/aromatic N) is 5. The second-order valence-corrected chi connectivity index (χ2v) is 4.74. The Morgan fingerprint density at radius 3 is 2.68 bits per heavy atom. The van der Waals surface area contributed by atoms with Gasteiger partial charge < -0.3 is 14.4 Å². The van der Waals surface area contributed by atoms with Gasteiger partial charge in [0.15, 0.2) is 0 Å². The van der Waals surface area contributed by atoms with Crippen LogP contribution in [0.1, 0.15) is 16.9 Å². The van der Waals surface area contributed by atoms with E-state index in [1.807, 2.05) is 0 Å². The number of ether oxygens (including phenoxy) is 2. The lowest BCUT2D eigenvalue weighted by atomic mass is 10.3. The number of aromatic nitrogens is 4. The Balaban J connectivity index is 1.64. The summed E-state index contributed by atoms with van der Waals surface area (Å²) < 4.78 is 10.9. The molecule has 3 rings (SSSR count). The molecule has 0 aromatic carbocycles. The van der Waals surface area contributed by atoms with Crippen LogP contribution < -0.4 is 9.47 Å². The zero-order valence-electron chi connectivity index (χ0n) is 12.0. The van der Waals surface area contributed by atoms with E-state index < -0.39 is 0 Å². The summed E-state index contributed by atoms with van der Waals surface area (Å²) in [6.07, 6.45) is 8.13. The van der Waals surface area contributed by atoms with E-state index in [4.69, 9.17) is 9.47 Å². The highest BCUT2D eigenvalue weighted by Crippen LogP contribution is 2.24. The van der Waals surface area contributed by atoms with E-state index in [0.717, 1.165) is 0 Å². The van der Waals surface area contributed by atoms with E-state index in [0.29, 0.717) is 37.0 Å². The van der Waals surface area contributed by atoms with Crippen LogP contribution in [0, 0.1) is 0 Å². The molecular weight excluding hydrogens is 286 g/mol. The molecule has 0 saturated carbocycles. The molecule has 0 unspecified atom stereocenters. The fraction of sp³-hybridized carbons (Fsp3) is 0.357. The molecule has 2 aromatic rings. The van der Waals surface area contributed by atoms with Crippen molar-refractivity contribution < 1.29 is 14.3 Å². The molecule has 114 valence electrons. The summed E-state index contributed by atoms with van der Waals surface area (Å²) in [5, 5.41) is 0. The van der Waals surface area contributed by atoms with Crippen molar-refractivity contribution in [3.63, 3.8) is 0 Å². The van der Waals surface area contributed by atoms with Crippen LogP contribution in [0.3, 0.4) is 0 Å². The minimum Gasteiger partial charge on any atom is -0.477 e. The van der Waals surface area contributed by atoms with Crippen molar-refractivity contribution in [1.82, 2.24) is 24.8 Å². The molecule has 0 aliphatic carbocycles. The van der Waals surface area contributed by atoms with Crippen LogP contribution >= 0.6 is 0 Å². The molecule has 1 atom stereocenters. The molecule has 1 aliphatic heterocycles. The van der Waals surface area contributed by atoms with Crippen molar-refractivity contribution in [2.45, 2.75) is 12.5 Å². The molecule has 8 heteroatoms. The maximum atomic E-state index is 12.3. The number of carbonyl (C=O) groups excluding carboxylic acids is 1. The van der Waals surface area contributed by atoms with Crippen molar-refractivity contribution >= 4 is 5.91 Å². The lowest BCUT2D eigenvalue weighted by Gasteiger charge is -2.16. The van der Waals surface area contributed by atoms with E-state index in [1.54, 1.807) is 4.90 Å². The van der Waals surface area contributed by atoms with Gasteiger partial charge in [-0.1, -0.05) is 0 Å². The van der Waals surface area contributed by atoms with E-state index in [2.05, 4.69) is 19.9 Å². The van der Waals surface area contributed by atoms with Gasteiger partial charge in [0.25, 0.3) is 17.7 Å². The second kappa shape index (κ2) is 6.33. The first-order valence-corrected chi connectivity index (χ1v) is 6.85. The molecule has 2 aromatic heterocycles. The Morgan fingerprint density at radius 1 is 1.18 bits per heavy atom. The minimum atomic E-state index is -0.148. The van der Waals surface area contributed by atoms with Gasteiger partial charge in [0.05, 0.1) is 19.9 Å². The number of hydrogen-bond donors (Lipinski definition) is 0. The largest absolute Gasteiger partial charge is 0.477 e. The summed E-state index contributed by atoms with van der Waals surface area (Å²) >= 11 is 0. The van der Waals surface area contributed by atoms with E-state index in [-0.39, 0.29) is 12.0 Å². The van der Waals surface area contributed by atoms with Crippen LogP contribution in [-0.2, 0) is 0 Å². The maximum absolute atomic E-state index is 12.3. The average Bonchev–Trinajstić information content (AvgIpc) is 3.04. The Labute approximate surface area is 127 Å². The highest BCUT2D eigenvalue weighted by atomic mass is 16.5. The van der Waals surface area contributed by atoms with Gasteiger partial charge in [0, 0.05) is 37.8 Å². The first-order valence-electron chi connectivity index (χ1n) is 6.85. The average molecular weight is 301 g/mol. The third kappa shape index (κ3) is 2.95. The Kier molecular flexibility index (Phi) is 4.08. The first-order chi connectivity index (χ1) is 10.8. The summed E-state index contributed by atoms with van der Waals surface area (Å²) in [6.45, 7) is 1.07. The predicted molar refractivity (Wildman–Crippen MR) is 75.6 cm³/mol. The smallest absolute Gasteiger partial charge is 0.278 e. The highest BCUT2D eigenvalue weighted by molar-refractivity contribution is 5.92. The lowest BCUT2D eigenvalue weighted by Crippen LogP contribution is -2.31. The van der Waals surface area contributed by atoms with E-state index in [1.165, 1.54) is 38.1 Å². The summed E-state index contributed by atoms with van der Waals surface area (Å²) in [5.74, 6) is 0.523. The fourth-order valence-corrected chi connectivity index (χ4v) is 2.27. The quantitative estimate of drug-likeness (QED) is 0.815. The molecule has 8 nitrogen and oxygen atoms in total. The molecule has 0 bridgehead atoms. The molecule has 1 amide bonds. The van der Waals surface area contributed by atoms with Gasteiger partial charge in [-0.2, -0.15) is 0 Å². The minimum absolute atomic E-state index is 0.147. The standard InChI is InChI=1S/C14H15N5O3/c1-21-12-13(18-6-5-17-12)22-10-2-7-19(9-10)14(20)11-8-15-3-4-16-11/h3-6,8,10H,2,7,9H2,1H3/t10-/m0/s1. The summed E-state index contributed by atoms with van der Waals surface area (Å²) in [6, 6.07) is 0. The molecule has 0 N–H and O–H groups in total. The van der Waals surface area contributed by atoms with Crippen molar-refractivity contribution in [1.29, 1.82) is 0 Å². The first kappa shape index (κ1) is 14.2. The third-order valence-electron chi connectivity index (χ3n) is 3.32. The molecule has 1 aliphatic rings. The van der Waals surface area contributed by atoms with Crippen LogP contribution in [0.25, 0.3) is 0 Å². The van der Waals surface area contributed by atoms with Crippen molar-refractivity contribution in [3.8, 4) is 11.8 Å². The van der Waals surface area contributed by atoms with Gasteiger partial charge in [0.1, 0.15) is 11.8 Å². The molecular formula is C14H15N5O3. The van der Waals surface area contributed by atoms with Crippen LogP contribution in [0.4, 0.5) is 0 Å². The lowest BCUT2D eigenvalue weighted by molar-refractivity contribution is 0.0764. The van der Waals surface area contributed by atoms with E-state index >= 15 is 0 Å². The number of hydrogen-bond acceptors (Lipinski definition) is 7. The molecule has 3 heterocycles. The third-order valence-corrected chi connectivity index (χ3v) is 3.32. The molecule has 0 spiro atoms. The molecule has 1 fully saturated rings. The van der Waals surface area contributed by atoms with E-state index in [9.17, 15) is 4.79 Å². The summed E-state index contributed by atoms with van der Waals surface area (Å²) in [5.41, 5.74) is 0.334. The predicted octanol–water partition coefficient (Wildman–Crippen LogP) is 0.569. The van der Waals surface area contributed by atoms with Gasteiger partial charge in [-0.05, 0) is 0 Å². The van der Waals surface area contributed by atoms with Crippen molar-refractivity contribution in [2.75, 3.05) is 20.2 Å². The van der Waals surface area contributed by atoms with Crippen molar-refractivity contribution in [3.05, 3.63) is 36.7 Å². The Hall–Kier alpha value is -2.77. The Morgan fingerprint density at radius 2 is 1.95 bits per heavy atom. The molecule has 1 saturated heterocycles. The SMILES string of the molecule is COc1nccnc1O[C@H]1CCN(C(=O)c2cnccn2)C1. The fourth-order valence-electron chi connectivity index (χ4n) is 2.27. The van der Waals surface area contributed by atoms with Gasteiger partial charge >= 0.3 is 0 Å². The summed E-state index contributed by atoms with van der Waals surface area (Å²) in [4.78, 5) is 30.0. The number of amides is 1. The van der Waals surface area contributed by atoms with Gasteiger partial charge in [0.2, 0.25) is 0 Å². The van der Waals surface area contributed by atoms with Crippen LogP contribution in [0.5, 0.6) is 11.8 Å². The zero-order chi connectivity index (χ0) is 15.4. The molecule has 0 radical (unpaired) electrons. The summed E-state index contributed by atoms with van der Waals surface area (Å²) in [7, 11) is 1.51.